The molecule has 2 aromatic heterocycles. The summed E-state index contributed by atoms with van der Waals surface area (Å²) < 4.78 is 8.68. The molecule has 4 aromatic rings. The lowest BCUT2D eigenvalue weighted by molar-refractivity contribution is 0.278. The summed E-state index contributed by atoms with van der Waals surface area (Å²) in [7, 11) is 1.66. The van der Waals surface area contributed by atoms with Crippen LogP contribution in [0, 0.1) is 0 Å². The third-order valence-corrected chi connectivity index (χ3v) is 6.38. The van der Waals surface area contributed by atoms with E-state index in [0.29, 0.717) is 24.8 Å². The Hall–Kier alpha value is -2.90. The average molecular weight is 495 g/mol. The van der Waals surface area contributed by atoms with Gasteiger partial charge in [0.05, 0.1) is 18.2 Å². The summed E-state index contributed by atoms with van der Waals surface area (Å²) in [5.74, 6) is 2.78. The van der Waals surface area contributed by atoms with Crippen LogP contribution in [0.4, 0.5) is 5.82 Å². The molecular weight excluding hydrogens is 468 g/mol. The van der Waals surface area contributed by atoms with Gasteiger partial charge in [-0.1, -0.05) is 44.2 Å². The molecule has 0 aliphatic rings. The largest absolute Gasteiger partial charge is 0.494 e. The van der Waals surface area contributed by atoms with E-state index in [4.69, 9.17) is 9.72 Å². The summed E-state index contributed by atoms with van der Waals surface area (Å²) in [5, 5.41) is 13.1. The molecule has 0 bridgehead atoms. The van der Waals surface area contributed by atoms with Crippen LogP contribution in [0.15, 0.2) is 59.2 Å². The smallest absolute Gasteiger partial charge is 0.145 e. The van der Waals surface area contributed by atoms with Crippen molar-refractivity contribution in [1.29, 1.82) is 0 Å². The van der Waals surface area contributed by atoms with E-state index < -0.39 is 0 Å². The highest BCUT2D eigenvalue weighted by molar-refractivity contribution is 9.10. The number of benzene rings is 2. The number of halogens is 1. The van der Waals surface area contributed by atoms with Crippen molar-refractivity contribution >= 4 is 32.8 Å². The zero-order chi connectivity index (χ0) is 22.7. The molecule has 2 aromatic carbocycles. The fraction of sp³-hybridized carbons (Fsp3) is 0.280. The molecule has 166 valence electrons. The fourth-order valence-corrected chi connectivity index (χ4v) is 4.32. The summed E-state index contributed by atoms with van der Waals surface area (Å²) >= 11 is 3.77. The minimum atomic E-state index is 0.00624. The summed E-state index contributed by atoms with van der Waals surface area (Å²) in [6, 6.07) is 16.2. The second kappa shape index (κ2) is 9.71. The molecule has 0 radical (unpaired) electrons. The third kappa shape index (κ3) is 4.36. The van der Waals surface area contributed by atoms with Gasteiger partial charge in [0, 0.05) is 24.8 Å². The predicted octanol–water partition coefficient (Wildman–Crippen LogP) is 5.60. The van der Waals surface area contributed by atoms with E-state index in [0.717, 1.165) is 38.3 Å². The molecule has 6 nitrogen and oxygen atoms in total. The van der Waals surface area contributed by atoms with E-state index in [2.05, 4.69) is 64.3 Å². The molecule has 0 amide bonds. The number of pyridine rings is 1. The van der Waals surface area contributed by atoms with Gasteiger partial charge < -0.3 is 19.7 Å². The van der Waals surface area contributed by atoms with Crippen molar-refractivity contribution in [1.82, 2.24) is 14.5 Å². The number of anilines is 1. The maximum atomic E-state index is 9.77. The van der Waals surface area contributed by atoms with Crippen LogP contribution < -0.4 is 10.1 Å². The van der Waals surface area contributed by atoms with Crippen molar-refractivity contribution in [2.45, 2.75) is 32.9 Å². The molecule has 0 fully saturated rings. The number of hydrogen-bond acceptors (Lipinski definition) is 5. The molecule has 2 N–H and O–H groups in total. The molecule has 7 heteroatoms. The van der Waals surface area contributed by atoms with E-state index >= 15 is 0 Å². The number of aliphatic hydroxyl groups is 1. The van der Waals surface area contributed by atoms with Gasteiger partial charge in [0.2, 0.25) is 0 Å². The van der Waals surface area contributed by atoms with Crippen molar-refractivity contribution in [2.75, 3.05) is 19.0 Å². The Morgan fingerprint density at radius 2 is 1.94 bits per heavy atom. The summed E-state index contributed by atoms with van der Waals surface area (Å²) in [6.45, 7) is 5.35. The normalized spacial score (nSPS) is 11.3. The lowest BCUT2D eigenvalue weighted by atomic mass is 10.0. The third-order valence-electron chi connectivity index (χ3n) is 5.50. The van der Waals surface area contributed by atoms with Gasteiger partial charge in [-0.25, -0.2) is 9.97 Å². The van der Waals surface area contributed by atoms with Crippen molar-refractivity contribution in [3.63, 3.8) is 0 Å². The molecule has 0 aliphatic carbocycles. The van der Waals surface area contributed by atoms with Crippen LogP contribution in [-0.4, -0.2) is 33.4 Å². The molecule has 0 saturated carbocycles. The lowest BCUT2D eigenvalue weighted by Crippen LogP contribution is -2.06. The monoisotopic (exact) mass is 494 g/mol. The van der Waals surface area contributed by atoms with E-state index in [-0.39, 0.29) is 6.61 Å². The number of nitrogens with zero attached hydrogens (tertiary/aromatic N) is 3. The molecule has 0 atom stereocenters. The van der Waals surface area contributed by atoms with Gasteiger partial charge in [-0.2, -0.15) is 0 Å². The second-order valence-electron chi connectivity index (χ2n) is 7.91. The SMILES string of the molecule is COc1cc(CNc2ccccn2)c(Br)c2nc(-c3ccc(C(C)C)cc3)n(CCO)c12. The van der Waals surface area contributed by atoms with Gasteiger partial charge in [-0.15, -0.1) is 0 Å². The number of imidazole rings is 1. The first-order chi connectivity index (χ1) is 15.5. The van der Waals surface area contributed by atoms with Gasteiger partial charge in [0.15, 0.2) is 0 Å². The lowest BCUT2D eigenvalue weighted by Gasteiger charge is -2.13. The number of aromatic nitrogens is 3. The molecule has 2 heterocycles. The quantitative estimate of drug-likeness (QED) is 0.333. The van der Waals surface area contributed by atoms with Gasteiger partial charge in [0.25, 0.3) is 0 Å². The van der Waals surface area contributed by atoms with E-state index in [9.17, 15) is 5.11 Å². The Kier molecular flexibility index (Phi) is 6.77. The van der Waals surface area contributed by atoms with Crippen LogP contribution in [-0.2, 0) is 13.1 Å². The Morgan fingerprint density at radius 1 is 1.16 bits per heavy atom. The van der Waals surface area contributed by atoms with Crippen LogP contribution >= 0.6 is 15.9 Å². The number of ether oxygens (including phenoxy) is 1. The minimum absolute atomic E-state index is 0.00624. The average Bonchev–Trinajstić information content (AvgIpc) is 3.19. The Morgan fingerprint density at radius 3 is 2.56 bits per heavy atom. The molecule has 0 spiro atoms. The zero-order valence-electron chi connectivity index (χ0n) is 18.5. The van der Waals surface area contributed by atoms with E-state index in [1.807, 2.05) is 28.8 Å². The van der Waals surface area contributed by atoms with Crippen LogP contribution in [0.5, 0.6) is 5.75 Å². The number of aliphatic hydroxyl groups excluding tert-OH is 1. The summed E-state index contributed by atoms with van der Waals surface area (Å²) in [4.78, 5) is 9.31. The van der Waals surface area contributed by atoms with Gasteiger partial charge in [-0.3, -0.25) is 0 Å². The first kappa shape index (κ1) is 22.3. The molecule has 0 saturated heterocycles. The topological polar surface area (TPSA) is 72.2 Å². The first-order valence-corrected chi connectivity index (χ1v) is 11.4. The predicted molar refractivity (Wildman–Crippen MR) is 132 cm³/mol. The highest BCUT2D eigenvalue weighted by Crippen LogP contribution is 2.38. The van der Waals surface area contributed by atoms with Gasteiger partial charge in [-0.05, 0) is 51.2 Å². The summed E-state index contributed by atoms with van der Waals surface area (Å²) in [5.41, 5.74) is 4.95. The molecule has 32 heavy (non-hydrogen) atoms. The fourth-order valence-electron chi connectivity index (χ4n) is 3.79. The number of fused-ring (bicyclic) bond motifs is 1. The Balaban J connectivity index is 1.81. The molecular formula is C25H27BrN4O2. The highest BCUT2D eigenvalue weighted by Gasteiger charge is 2.21. The first-order valence-electron chi connectivity index (χ1n) is 10.6. The van der Waals surface area contributed by atoms with Crippen LogP contribution in [0.2, 0.25) is 0 Å². The highest BCUT2D eigenvalue weighted by atomic mass is 79.9. The van der Waals surface area contributed by atoms with Crippen molar-refractivity contribution in [3.05, 3.63) is 70.3 Å². The maximum Gasteiger partial charge on any atom is 0.145 e. The molecule has 0 unspecified atom stereocenters. The van der Waals surface area contributed by atoms with Gasteiger partial charge in [0.1, 0.15) is 28.4 Å². The zero-order valence-corrected chi connectivity index (χ0v) is 20.1. The minimum Gasteiger partial charge on any atom is -0.494 e. The Bertz CT molecular complexity index is 1200. The number of hydrogen-bond donors (Lipinski definition) is 2. The van der Waals surface area contributed by atoms with Crippen LogP contribution in [0.25, 0.3) is 22.4 Å². The maximum absolute atomic E-state index is 9.77. The van der Waals surface area contributed by atoms with Crippen LogP contribution in [0.1, 0.15) is 30.9 Å². The number of methoxy groups -OCH3 is 1. The number of rotatable bonds is 8. The van der Waals surface area contributed by atoms with Crippen molar-refractivity contribution < 1.29 is 9.84 Å². The van der Waals surface area contributed by atoms with Gasteiger partial charge >= 0.3 is 0 Å². The van der Waals surface area contributed by atoms with E-state index in [1.165, 1.54) is 5.56 Å². The van der Waals surface area contributed by atoms with E-state index in [1.54, 1.807) is 13.3 Å². The standard InChI is InChI=1S/C25H27BrN4O2/c1-16(2)17-7-9-18(10-8-17)25-29-23-22(26)19(15-28-21-6-4-5-11-27-21)14-20(32-3)24(23)30(25)12-13-31/h4-11,14,16,31H,12-13,15H2,1-3H3,(H,27,28). The molecule has 0 aliphatic heterocycles. The van der Waals surface area contributed by atoms with Crippen LogP contribution in [0.3, 0.4) is 0 Å². The van der Waals surface area contributed by atoms with Crippen molar-refractivity contribution in [3.8, 4) is 17.1 Å². The van der Waals surface area contributed by atoms with Crippen molar-refractivity contribution in [2.24, 2.45) is 0 Å². The Labute approximate surface area is 196 Å². The molecule has 4 rings (SSSR count). The number of nitrogens with one attached hydrogen (secondary N) is 1. The second-order valence-corrected chi connectivity index (χ2v) is 8.70. The summed E-state index contributed by atoms with van der Waals surface area (Å²) in [6.07, 6.45) is 1.76.